The van der Waals surface area contributed by atoms with Gasteiger partial charge in [0.2, 0.25) is 11.8 Å². The molecule has 0 aliphatic heterocycles. The summed E-state index contributed by atoms with van der Waals surface area (Å²) >= 11 is 0. The third-order valence-corrected chi connectivity index (χ3v) is 0.824. The van der Waals surface area contributed by atoms with Gasteiger partial charge in [-0.15, -0.1) is 0 Å². The molecule has 0 bridgehead atoms. The molecular weight excluding hydrogens is 142 g/mol. The van der Waals surface area contributed by atoms with Crippen molar-refractivity contribution in [1.82, 2.24) is 5.32 Å². The fourth-order valence-electron chi connectivity index (χ4n) is 0.318. The van der Waals surface area contributed by atoms with E-state index >= 15 is 0 Å². The fourth-order valence-corrected chi connectivity index (χ4v) is 0.318. The van der Waals surface area contributed by atoms with Gasteiger partial charge < -0.3 is 0 Å². The van der Waals surface area contributed by atoms with E-state index in [0.29, 0.717) is 0 Å². The lowest BCUT2D eigenvalue weighted by atomic mass is 10.2. The summed E-state index contributed by atoms with van der Waals surface area (Å²) in [6.45, 7) is 8.79. The third kappa shape index (κ3) is 9.14. The molecule has 0 aromatic rings. The minimum atomic E-state index is -0.297. The molecule has 3 nitrogen and oxygen atoms in total. The molecule has 0 aliphatic carbocycles. The first-order valence-electron chi connectivity index (χ1n) is 3.85. The van der Waals surface area contributed by atoms with Crippen molar-refractivity contribution in [2.24, 2.45) is 5.92 Å². The van der Waals surface area contributed by atoms with Crippen LogP contribution in [-0.4, -0.2) is 11.8 Å². The number of carbonyl (C=O) groups excluding carboxylic acids is 2. The van der Waals surface area contributed by atoms with Gasteiger partial charge in [0.15, 0.2) is 0 Å². The normalized spacial score (nSPS) is 8.18. The van der Waals surface area contributed by atoms with Gasteiger partial charge in [0.25, 0.3) is 0 Å². The molecule has 3 heteroatoms. The van der Waals surface area contributed by atoms with Gasteiger partial charge in [-0.3, -0.25) is 14.9 Å². The first-order valence-corrected chi connectivity index (χ1v) is 3.85. The van der Waals surface area contributed by atoms with Crippen molar-refractivity contribution < 1.29 is 9.59 Å². The van der Waals surface area contributed by atoms with Crippen LogP contribution in [0.3, 0.4) is 0 Å². The Bertz CT molecular complexity index is 130. The van der Waals surface area contributed by atoms with E-state index in [2.05, 4.69) is 5.32 Å². The van der Waals surface area contributed by atoms with Crippen LogP contribution >= 0.6 is 0 Å². The molecule has 1 N–H and O–H groups in total. The lowest BCUT2D eigenvalue weighted by Crippen LogP contribution is -2.31. The summed E-state index contributed by atoms with van der Waals surface area (Å²) in [7, 11) is 0. The second-order valence-corrected chi connectivity index (χ2v) is 2.20. The summed E-state index contributed by atoms with van der Waals surface area (Å²) in [6.07, 6.45) is 0. The Labute approximate surface area is 68.2 Å². The number of imide groups is 1. The Kier molecular flexibility index (Phi) is 8.43. The Morgan fingerprint density at radius 2 is 1.55 bits per heavy atom. The van der Waals surface area contributed by atoms with E-state index in [4.69, 9.17) is 0 Å². The van der Waals surface area contributed by atoms with Crippen LogP contribution < -0.4 is 5.32 Å². The maximum Gasteiger partial charge on any atom is 0.229 e. The van der Waals surface area contributed by atoms with Crippen molar-refractivity contribution in [2.45, 2.75) is 34.6 Å². The van der Waals surface area contributed by atoms with Gasteiger partial charge in [-0.25, -0.2) is 0 Å². The quantitative estimate of drug-likeness (QED) is 0.627. The maximum atomic E-state index is 10.6. The molecule has 0 aliphatic rings. The highest BCUT2D eigenvalue weighted by molar-refractivity contribution is 5.94. The molecule has 2 amide bonds. The maximum absolute atomic E-state index is 10.6. The fraction of sp³-hybridized carbons (Fsp3) is 0.750. The summed E-state index contributed by atoms with van der Waals surface area (Å²) < 4.78 is 0. The zero-order valence-corrected chi connectivity index (χ0v) is 7.89. The van der Waals surface area contributed by atoms with Gasteiger partial charge in [0, 0.05) is 12.8 Å². The molecule has 0 spiro atoms. The highest BCUT2D eigenvalue weighted by atomic mass is 16.2. The van der Waals surface area contributed by atoms with Gasteiger partial charge in [-0.05, 0) is 0 Å². The summed E-state index contributed by atoms with van der Waals surface area (Å²) in [4.78, 5) is 20.8. The lowest BCUT2D eigenvalue weighted by molar-refractivity contribution is -0.131. The zero-order valence-electron chi connectivity index (χ0n) is 7.89. The van der Waals surface area contributed by atoms with Crippen molar-refractivity contribution in [3.05, 3.63) is 0 Å². The van der Waals surface area contributed by atoms with E-state index in [1.165, 1.54) is 6.92 Å². The van der Waals surface area contributed by atoms with Crippen LogP contribution in [0.25, 0.3) is 0 Å². The summed E-state index contributed by atoms with van der Waals surface area (Å²) in [5.41, 5.74) is 0. The number of nitrogens with one attached hydrogen (secondary N) is 1. The molecule has 0 aromatic heterocycles. The number of amides is 2. The van der Waals surface area contributed by atoms with Crippen molar-refractivity contribution in [3.63, 3.8) is 0 Å². The predicted octanol–water partition coefficient (Wildman–Crippen LogP) is 1.33. The van der Waals surface area contributed by atoms with Crippen LogP contribution in [0, 0.1) is 5.92 Å². The molecule has 66 valence electrons. The van der Waals surface area contributed by atoms with Crippen molar-refractivity contribution in [1.29, 1.82) is 0 Å². The van der Waals surface area contributed by atoms with E-state index in [1.54, 1.807) is 13.8 Å². The molecule has 0 saturated carbocycles. The third-order valence-electron chi connectivity index (χ3n) is 0.824. The topological polar surface area (TPSA) is 46.2 Å². The molecule has 0 fully saturated rings. The van der Waals surface area contributed by atoms with Crippen LogP contribution in [0.5, 0.6) is 0 Å². The zero-order chi connectivity index (χ0) is 9.44. The highest BCUT2D eigenvalue weighted by Gasteiger charge is 2.06. The summed E-state index contributed by atoms with van der Waals surface area (Å²) in [5, 5.41) is 2.16. The highest BCUT2D eigenvalue weighted by Crippen LogP contribution is 1.88. The molecule has 0 aromatic carbocycles. The second kappa shape index (κ2) is 7.25. The van der Waals surface area contributed by atoms with Crippen LogP contribution in [0.15, 0.2) is 0 Å². The molecule has 0 unspecified atom stereocenters. The Hall–Kier alpha value is -0.860. The van der Waals surface area contributed by atoms with Gasteiger partial charge in [-0.2, -0.15) is 0 Å². The monoisotopic (exact) mass is 159 g/mol. The average molecular weight is 159 g/mol. The largest absolute Gasteiger partial charge is 0.296 e. The van der Waals surface area contributed by atoms with Crippen molar-refractivity contribution in [2.75, 3.05) is 0 Å². The van der Waals surface area contributed by atoms with Gasteiger partial charge >= 0.3 is 0 Å². The van der Waals surface area contributed by atoms with Crippen molar-refractivity contribution in [3.8, 4) is 0 Å². The molecule has 0 radical (unpaired) electrons. The van der Waals surface area contributed by atoms with E-state index in [-0.39, 0.29) is 17.7 Å². The Morgan fingerprint density at radius 3 is 1.64 bits per heavy atom. The first kappa shape index (κ1) is 12.8. The Morgan fingerprint density at radius 1 is 1.18 bits per heavy atom. The molecule has 11 heavy (non-hydrogen) atoms. The molecule has 0 heterocycles. The first-order chi connectivity index (χ1) is 5.04. The minimum absolute atomic E-state index is 0.117. The standard InChI is InChI=1S/C6H11NO2.C2H6/c1-4(2)6(9)7-5(3)8;1-2/h4H,1-3H3,(H,7,8,9);1-2H3. The number of hydrogen-bond acceptors (Lipinski definition) is 2. The summed E-state index contributed by atoms with van der Waals surface area (Å²) in [6, 6.07) is 0. The van der Waals surface area contributed by atoms with Crippen LogP contribution in [0.1, 0.15) is 34.6 Å². The molecule has 0 rings (SSSR count). The van der Waals surface area contributed by atoms with E-state index in [1.807, 2.05) is 13.8 Å². The second-order valence-electron chi connectivity index (χ2n) is 2.20. The van der Waals surface area contributed by atoms with Crippen molar-refractivity contribution >= 4 is 11.8 Å². The van der Waals surface area contributed by atoms with Crippen LogP contribution in [-0.2, 0) is 9.59 Å². The molecular formula is C8H17NO2. The Balaban J connectivity index is 0. The minimum Gasteiger partial charge on any atom is -0.296 e. The molecule has 0 atom stereocenters. The van der Waals surface area contributed by atoms with Gasteiger partial charge in [0.1, 0.15) is 0 Å². The van der Waals surface area contributed by atoms with E-state index < -0.39 is 0 Å². The lowest BCUT2D eigenvalue weighted by Gasteiger charge is -2.01. The van der Waals surface area contributed by atoms with Gasteiger partial charge in [0.05, 0.1) is 0 Å². The van der Waals surface area contributed by atoms with Gasteiger partial charge in [-0.1, -0.05) is 27.7 Å². The SMILES string of the molecule is CC.CC(=O)NC(=O)C(C)C. The smallest absolute Gasteiger partial charge is 0.229 e. The number of hydrogen-bond donors (Lipinski definition) is 1. The predicted molar refractivity (Wildman–Crippen MR) is 45.0 cm³/mol. The van der Waals surface area contributed by atoms with Crippen LogP contribution in [0.2, 0.25) is 0 Å². The number of carbonyl (C=O) groups is 2. The van der Waals surface area contributed by atoms with E-state index in [0.717, 1.165) is 0 Å². The average Bonchev–Trinajstić information content (AvgIpc) is 1.90. The van der Waals surface area contributed by atoms with Crippen LogP contribution in [0.4, 0.5) is 0 Å². The molecule has 0 saturated heterocycles. The number of rotatable bonds is 1. The summed E-state index contributed by atoms with van der Waals surface area (Å²) in [5.74, 6) is -0.634. The van der Waals surface area contributed by atoms with E-state index in [9.17, 15) is 9.59 Å².